The van der Waals surface area contributed by atoms with Crippen LogP contribution in [0.1, 0.15) is 32.4 Å². The highest BCUT2D eigenvalue weighted by molar-refractivity contribution is 5.06. The Morgan fingerprint density at radius 1 is 1.40 bits per heavy atom. The number of rotatable bonds is 6. The first-order chi connectivity index (χ1) is 7.26. The average Bonchev–Trinajstić information content (AvgIpc) is 2.27. The molecule has 0 saturated carbocycles. The van der Waals surface area contributed by atoms with E-state index in [0.717, 1.165) is 5.69 Å². The molecule has 0 radical (unpaired) electrons. The van der Waals surface area contributed by atoms with Crippen LogP contribution in [0.15, 0.2) is 12.4 Å². The fourth-order valence-electron chi connectivity index (χ4n) is 1.33. The number of ether oxygens (including phenoxy) is 1. The molecule has 15 heavy (non-hydrogen) atoms. The van der Waals surface area contributed by atoms with Crippen molar-refractivity contribution in [3.63, 3.8) is 0 Å². The van der Waals surface area contributed by atoms with E-state index in [-0.39, 0.29) is 0 Å². The largest absolute Gasteiger partial charge is 0.476 e. The molecule has 0 amide bonds. The highest BCUT2D eigenvalue weighted by Crippen LogP contribution is 2.09. The zero-order valence-electron chi connectivity index (χ0n) is 9.44. The highest BCUT2D eigenvalue weighted by Gasteiger charge is 2.03. The Morgan fingerprint density at radius 2 is 2.20 bits per heavy atom. The smallest absolute Gasteiger partial charge is 0.232 e. The van der Waals surface area contributed by atoms with Gasteiger partial charge in [-0.2, -0.15) is 0 Å². The normalized spacial score (nSPS) is 12.5. The summed E-state index contributed by atoms with van der Waals surface area (Å²) in [4.78, 5) is 8.23. The zero-order chi connectivity index (χ0) is 11.1. The molecule has 0 aromatic carbocycles. The molecule has 0 fully saturated rings. The molecule has 1 unspecified atom stereocenters. The van der Waals surface area contributed by atoms with E-state index in [1.54, 1.807) is 12.4 Å². The first kappa shape index (κ1) is 11.9. The van der Waals surface area contributed by atoms with Crippen LogP contribution in [0, 0.1) is 5.92 Å². The second-order valence-corrected chi connectivity index (χ2v) is 3.75. The lowest BCUT2D eigenvalue weighted by Crippen LogP contribution is -2.09. The van der Waals surface area contributed by atoms with Gasteiger partial charge in [0.05, 0.1) is 24.7 Å². The second kappa shape index (κ2) is 6.35. The van der Waals surface area contributed by atoms with Crippen LogP contribution >= 0.6 is 0 Å². The minimum absolute atomic E-state index is 0.416. The van der Waals surface area contributed by atoms with Crippen LogP contribution in [0.4, 0.5) is 0 Å². The Balaban J connectivity index is 2.37. The van der Waals surface area contributed by atoms with Crippen LogP contribution < -0.4 is 10.5 Å². The molecular formula is C11H19N3O. The standard InChI is InChI=1S/C11H19N3O/c1-3-4-9(2)8-15-11-7-13-10(5-12)6-14-11/h6-7,9H,3-5,8,12H2,1-2H3. The molecule has 4 nitrogen and oxygen atoms in total. The van der Waals surface area contributed by atoms with Gasteiger partial charge in [-0.1, -0.05) is 20.3 Å². The molecule has 1 heterocycles. The highest BCUT2D eigenvalue weighted by atomic mass is 16.5. The summed E-state index contributed by atoms with van der Waals surface area (Å²) in [5.74, 6) is 1.14. The summed E-state index contributed by atoms with van der Waals surface area (Å²) < 4.78 is 5.51. The van der Waals surface area contributed by atoms with E-state index in [9.17, 15) is 0 Å². The van der Waals surface area contributed by atoms with Crippen molar-refractivity contribution in [3.05, 3.63) is 18.1 Å². The van der Waals surface area contributed by atoms with Crippen LogP contribution in [0.25, 0.3) is 0 Å². The monoisotopic (exact) mass is 209 g/mol. The lowest BCUT2D eigenvalue weighted by molar-refractivity contribution is 0.242. The van der Waals surface area contributed by atoms with Crippen molar-refractivity contribution in [2.45, 2.75) is 33.2 Å². The van der Waals surface area contributed by atoms with Crippen molar-refractivity contribution in [2.24, 2.45) is 11.7 Å². The second-order valence-electron chi connectivity index (χ2n) is 3.75. The van der Waals surface area contributed by atoms with Gasteiger partial charge in [-0.25, -0.2) is 4.98 Å². The Bertz CT molecular complexity index is 274. The van der Waals surface area contributed by atoms with Crippen molar-refractivity contribution in [1.82, 2.24) is 9.97 Å². The molecule has 0 saturated heterocycles. The van der Waals surface area contributed by atoms with E-state index in [1.807, 2.05) is 0 Å². The lowest BCUT2D eigenvalue weighted by Gasteiger charge is -2.10. The number of hydrogen-bond acceptors (Lipinski definition) is 4. The van der Waals surface area contributed by atoms with Crippen LogP contribution in [0.5, 0.6) is 5.88 Å². The molecule has 1 atom stereocenters. The summed E-state index contributed by atoms with van der Waals surface area (Å²) in [7, 11) is 0. The van der Waals surface area contributed by atoms with Gasteiger partial charge in [-0.15, -0.1) is 0 Å². The van der Waals surface area contributed by atoms with Gasteiger partial charge in [0.15, 0.2) is 0 Å². The van der Waals surface area contributed by atoms with E-state index in [0.29, 0.717) is 24.9 Å². The van der Waals surface area contributed by atoms with Crippen LogP contribution in [-0.2, 0) is 6.54 Å². The SMILES string of the molecule is CCCC(C)COc1cnc(CN)cn1. The number of aromatic nitrogens is 2. The average molecular weight is 209 g/mol. The predicted octanol–water partition coefficient (Wildman–Crippen LogP) is 1.75. The van der Waals surface area contributed by atoms with E-state index < -0.39 is 0 Å². The van der Waals surface area contributed by atoms with Crippen LogP contribution in [0.2, 0.25) is 0 Å². The van der Waals surface area contributed by atoms with Gasteiger partial charge < -0.3 is 10.5 Å². The van der Waals surface area contributed by atoms with Gasteiger partial charge in [0.2, 0.25) is 5.88 Å². The van der Waals surface area contributed by atoms with Gasteiger partial charge >= 0.3 is 0 Å². The van der Waals surface area contributed by atoms with Crippen molar-refractivity contribution in [3.8, 4) is 5.88 Å². The molecule has 0 aliphatic carbocycles. The van der Waals surface area contributed by atoms with Gasteiger partial charge in [0, 0.05) is 6.54 Å². The molecule has 0 aliphatic heterocycles. The quantitative estimate of drug-likeness (QED) is 0.775. The summed E-state index contributed by atoms with van der Waals surface area (Å²) in [6.45, 7) is 5.46. The Kier molecular flexibility index (Phi) is 5.04. The fraction of sp³-hybridized carbons (Fsp3) is 0.636. The summed E-state index contributed by atoms with van der Waals surface area (Å²) in [5, 5.41) is 0. The molecule has 4 heteroatoms. The van der Waals surface area contributed by atoms with E-state index >= 15 is 0 Å². The number of nitrogens with zero attached hydrogens (tertiary/aromatic N) is 2. The Labute approximate surface area is 90.9 Å². The molecule has 0 spiro atoms. The third-order valence-corrected chi connectivity index (χ3v) is 2.19. The summed E-state index contributed by atoms with van der Waals surface area (Å²) in [6.07, 6.45) is 5.64. The van der Waals surface area contributed by atoms with Gasteiger partial charge in [-0.3, -0.25) is 4.98 Å². The van der Waals surface area contributed by atoms with E-state index in [4.69, 9.17) is 10.5 Å². The molecule has 1 aromatic rings. The zero-order valence-corrected chi connectivity index (χ0v) is 9.44. The van der Waals surface area contributed by atoms with E-state index in [1.165, 1.54) is 12.8 Å². The van der Waals surface area contributed by atoms with Crippen molar-refractivity contribution < 1.29 is 4.74 Å². The molecule has 0 aliphatic rings. The van der Waals surface area contributed by atoms with Gasteiger partial charge in [0.25, 0.3) is 0 Å². The minimum atomic E-state index is 0.416. The van der Waals surface area contributed by atoms with E-state index in [2.05, 4.69) is 23.8 Å². The Hall–Kier alpha value is -1.16. The fourth-order valence-corrected chi connectivity index (χ4v) is 1.33. The van der Waals surface area contributed by atoms with Crippen molar-refractivity contribution in [1.29, 1.82) is 0 Å². The van der Waals surface area contributed by atoms with Gasteiger partial charge in [-0.05, 0) is 12.3 Å². The third kappa shape index (κ3) is 4.25. The molecule has 1 aromatic heterocycles. The lowest BCUT2D eigenvalue weighted by atomic mass is 10.1. The van der Waals surface area contributed by atoms with Crippen LogP contribution in [0.3, 0.4) is 0 Å². The number of nitrogens with two attached hydrogens (primary N) is 1. The first-order valence-corrected chi connectivity index (χ1v) is 5.40. The molecule has 0 bridgehead atoms. The topological polar surface area (TPSA) is 61.0 Å². The maximum Gasteiger partial charge on any atom is 0.232 e. The molecule has 2 N–H and O–H groups in total. The Morgan fingerprint density at radius 3 is 2.73 bits per heavy atom. The van der Waals surface area contributed by atoms with Crippen molar-refractivity contribution >= 4 is 0 Å². The van der Waals surface area contributed by atoms with Crippen molar-refractivity contribution in [2.75, 3.05) is 6.61 Å². The molecular weight excluding hydrogens is 190 g/mol. The molecule has 84 valence electrons. The summed E-state index contributed by atoms with van der Waals surface area (Å²) in [5.41, 5.74) is 6.20. The maximum absolute atomic E-state index is 5.51. The summed E-state index contributed by atoms with van der Waals surface area (Å²) >= 11 is 0. The summed E-state index contributed by atoms with van der Waals surface area (Å²) in [6, 6.07) is 0. The van der Waals surface area contributed by atoms with Crippen LogP contribution in [-0.4, -0.2) is 16.6 Å². The minimum Gasteiger partial charge on any atom is -0.476 e. The maximum atomic E-state index is 5.51. The predicted molar refractivity (Wildman–Crippen MR) is 59.5 cm³/mol. The number of hydrogen-bond donors (Lipinski definition) is 1. The third-order valence-electron chi connectivity index (χ3n) is 2.19. The molecule has 1 rings (SSSR count). The first-order valence-electron chi connectivity index (χ1n) is 5.40. The van der Waals surface area contributed by atoms with Gasteiger partial charge in [0.1, 0.15) is 0 Å².